The number of carbonyl (C=O) groups excluding carboxylic acids is 2. The van der Waals surface area contributed by atoms with E-state index in [0.717, 1.165) is 48.1 Å². The molecule has 2 aromatic heterocycles. The lowest BCUT2D eigenvalue weighted by Crippen LogP contribution is -2.52. The van der Waals surface area contributed by atoms with Gasteiger partial charge in [0.05, 0.1) is 6.61 Å². The number of primary amides is 1. The molecule has 5 N–H and O–H groups in total. The number of halogens is 1. The molecule has 1 aliphatic rings. The Morgan fingerprint density at radius 3 is 2.38 bits per heavy atom. The van der Waals surface area contributed by atoms with Crippen LogP contribution in [-0.4, -0.2) is 76.7 Å². The Labute approximate surface area is 280 Å². The lowest BCUT2D eigenvalue weighted by molar-refractivity contribution is -0.127. The van der Waals surface area contributed by atoms with Crippen molar-refractivity contribution < 1.29 is 14.3 Å². The number of nitrogens with zero attached hydrogens (tertiary/aromatic N) is 5. The Kier molecular flexibility index (Phi) is 11.6. The van der Waals surface area contributed by atoms with E-state index < -0.39 is 11.9 Å². The molecule has 248 valence electrons. The van der Waals surface area contributed by atoms with Crippen molar-refractivity contribution in [3.8, 4) is 28.4 Å². The van der Waals surface area contributed by atoms with Crippen molar-refractivity contribution in [1.29, 1.82) is 0 Å². The van der Waals surface area contributed by atoms with Crippen molar-refractivity contribution in [2.75, 3.05) is 38.7 Å². The number of hydrogen-bond donors (Lipinski definition) is 3. The van der Waals surface area contributed by atoms with Crippen LogP contribution in [0.25, 0.3) is 22.5 Å². The fourth-order valence-electron chi connectivity index (χ4n) is 6.06. The van der Waals surface area contributed by atoms with E-state index in [-0.39, 0.29) is 23.5 Å². The van der Waals surface area contributed by atoms with Gasteiger partial charge in [0.2, 0.25) is 23.0 Å². The quantitative estimate of drug-likeness (QED) is 0.164. The minimum atomic E-state index is -0.912. The number of nitrogens with one attached hydrogen (secondary N) is 1. The molecule has 0 aliphatic heterocycles. The molecule has 0 unspecified atom stereocenters. The molecule has 5 rings (SSSR count). The van der Waals surface area contributed by atoms with Crippen LogP contribution < -0.4 is 21.1 Å². The molecule has 2 heterocycles. The van der Waals surface area contributed by atoms with Crippen LogP contribution in [0.2, 0.25) is 5.28 Å². The van der Waals surface area contributed by atoms with Gasteiger partial charge in [-0.05, 0) is 112 Å². The highest BCUT2D eigenvalue weighted by molar-refractivity contribution is 6.28. The smallest absolute Gasteiger partial charge is 0.240 e. The maximum absolute atomic E-state index is 14.3. The molecule has 2 amide bonds. The number of aromatic amines is 1. The van der Waals surface area contributed by atoms with Gasteiger partial charge >= 0.3 is 0 Å². The lowest BCUT2D eigenvalue weighted by atomic mass is 9.81. The first-order chi connectivity index (χ1) is 22.7. The number of carbonyl (C=O) groups is 2. The molecule has 1 fully saturated rings. The molecule has 1 aliphatic carbocycles. The Balaban J connectivity index is 1.38. The number of benzene rings is 2. The summed E-state index contributed by atoms with van der Waals surface area (Å²) in [6.45, 7) is 2.15. The van der Waals surface area contributed by atoms with E-state index in [1.54, 1.807) is 23.2 Å². The highest BCUT2D eigenvalue weighted by Gasteiger charge is 2.36. The third-order valence-corrected chi connectivity index (χ3v) is 8.86. The summed E-state index contributed by atoms with van der Waals surface area (Å²) in [4.78, 5) is 39.8. The summed E-state index contributed by atoms with van der Waals surface area (Å²) < 4.78 is 5.79. The highest BCUT2D eigenvalue weighted by Crippen LogP contribution is 2.33. The maximum Gasteiger partial charge on any atom is 0.240 e. The summed E-state index contributed by atoms with van der Waals surface area (Å²) in [5.41, 5.74) is 16.0. The van der Waals surface area contributed by atoms with Gasteiger partial charge in [0.15, 0.2) is 5.82 Å². The zero-order valence-electron chi connectivity index (χ0n) is 26.9. The van der Waals surface area contributed by atoms with Crippen molar-refractivity contribution in [3.63, 3.8) is 0 Å². The van der Waals surface area contributed by atoms with Crippen molar-refractivity contribution in [2.24, 2.45) is 23.3 Å². The summed E-state index contributed by atoms with van der Waals surface area (Å²) in [6, 6.07) is 18.0. The topological polar surface area (TPSA) is 156 Å². The van der Waals surface area contributed by atoms with Crippen LogP contribution in [0.15, 0.2) is 66.9 Å². The molecule has 0 radical (unpaired) electrons. The van der Waals surface area contributed by atoms with Gasteiger partial charge in [-0.2, -0.15) is 10.1 Å². The number of anilines is 1. The van der Waals surface area contributed by atoms with Gasteiger partial charge in [-0.1, -0.05) is 24.3 Å². The van der Waals surface area contributed by atoms with Crippen molar-refractivity contribution in [1.82, 2.24) is 25.1 Å². The van der Waals surface area contributed by atoms with Gasteiger partial charge < -0.3 is 21.1 Å². The summed E-state index contributed by atoms with van der Waals surface area (Å²) in [5.74, 6) is 0.492. The van der Waals surface area contributed by atoms with Crippen LogP contribution in [-0.2, 0) is 16.0 Å². The molecule has 1 atom stereocenters. The number of amides is 2. The first-order valence-electron chi connectivity index (χ1n) is 16.1. The summed E-state index contributed by atoms with van der Waals surface area (Å²) in [6.07, 6.45) is 6.12. The zero-order chi connectivity index (χ0) is 33.3. The van der Waals surface area contributed by atoms with Gasteiger partial charge in [0.25, 0.3) is 0 Å². The Morgan fingerprint density at radius 2 is 1.77 bits per heavy atom. The Bertz CT molecular complexity index is 1620. The Hall–Kier alpha value is -4.32. The standard InChI is InChI=1S/C35H43ClN8O3/c1-43(2)17-4-18-47-31-16-13-28(22-39-31)27-6-3-5-24(19-27)20-30(32(38)45)44(34(46)26-9-7-23(21-37)8-10-26)29-14-11-25(12-15-29)33-40-35(36)42-41-33/h3,5-6,11-16,19,22-23,26,30H,4,7-10,17-18,20-21,37H2,1-2H3,(H2,38,45)(H,40,41,42)/t23?,26?,30-/m0/s1. The SMILES string of the molecule is CN(C)CCCOc1ccc(-c2cccc(C[C@@H](C(N)=O)N(C(=O)C3CCC(CN)CC3)c3ccc(-c4n[nH]c(Cl)n4)cc3)c2)cn1. The predicted molar refractivity (Wildman–Crippen MR) is 184 cm³/mol. The Morgan fingerprint density at radius 1 is 1.02 bits per heavy atom. The molecule has 12 heteroatoms. The van der Waals surface area contributed by atoms with Crippen molar-refractivity contribution in [2.45, 2.75) is 44.6 Å². The molecular weight excluding hydrogens is 616 g/mol. The molecule has 0 bridgehead atoms. The fraction of sp³-hybridized carbons (Fsp3) is 0.400. The van der Waals surface area contributed by atoms with E-state index in [9.17, 15) is 9.59 Å². The van der Waals surface area contributed by atoms with Crippen molar-refractivity contribution >= 4 is 29.1 Å². The van der Waals surface area contributed by atoms with E-state index in [4.69, 9.17) is 27.8 Å². The monoisotopic (exact) mass is 658 g/mol. The van der Waals surface area contributed by atoms with E-state index in [2.05, 4.69) is 25.1 Å². The third-order valence-electron chi connectivity index (χ3n) is 8.69. The number of H-pyrrole nitrogens is 1. The second-order valence-electron chi connectivity index (χ2n) is 12.4. The summed E-state index contributed by atoms with van der Waals surface area (Å²) in [5, 5.41) is 6.92. The molecule has 2 aromatic carbocycles. The molecule has 4 aromatic rings. The van der Waals surface area contributed by atoms with Crippen LogP contribution in [0.5, 0.6) is 5.88 Å². The minimum Gasteiger partial charge on any atom is -0.478 e. The first kappa shape index (κ1) is 34.0. The van der Waals surface area contributed by atoms with Crippen LogP contribution in [0.1, 0.15) is 37.7 Å². The number of hydrogen-bond acceptors (Lipinski definition) is 8. The molecule has 0 saturated heterocycles. The second kappa shape index (κ2) is 16.0. The van der Waals surface area contributed by atoms with E-state index in [1.807, 2.05) is 62.6 Å². The molecule has 47 heavy (non-hydrogen) atoms. The van der Waals surface area contributed by atoms with Crippen LogP contribution in [0.4, 0.5) is 5.69 Å². The van der Waals surface area contributed by atoms with Gasteiger partial charge in [0, 0.05) is 48.0 Å². The number of rotatable bonds is 14. The van der Waals surface area contributed by atoms with Crippen LogP contribution >= 0.6 is 11.6 Å². The predicted octanol–water partition coefficient (Wildman–Crippen LogP) is 4.71. The molecule has 1 saturated carbocycles. The largest absolute Gasteiger partial charge is 0.478 e. The first-order valence-corrected chi connectivity index (χ1v) is 16.4. The van der Waals surface area contributed by atoms with Gasteiger partial charge in [-0.3, -0.25) is 14.5 Å². The van der Waals surface area contributed by atoms with Gasteiger partial charge in [0.1, 0.15) is 6.04 Å². The minimum absolute atomic E-state index is 0.112. The molecular formula is C35H43ClN8O3. The maximum atomic E-state index is 14.3. The van der Waals surface area contributed by atoms with Crippen molar-refractivity contribution in [3.05, 3.63) is 77.7 Å². The van der Waals surface area contributed by atoms with E-state index >= 15 is 0 Å². The van der Waals surface area contributed by atoms with E-state index in [1.165, 1.54) is 0 Å². The average Bonchev–Trinajstić information content (AvgIpc) is 3.53. The number of pyridine rings is 1. The highest BCUT2D eigenvalue weighted by atomic mass is 35.5. The second-order valence-corrected chi connectivity index (χ2v) is 12.7. The van der Waals surface area contributed by atoms with Gasteiger partial charge in [-0.15, -0.1) is 0 Å². The van der Waals surface area contributed by atoms with Crippen LogP contribution in [0.3, 0.4) is 0 Å². The normalized spacial score (nSPS) is 17.0. The number of ether oxygens (including phenoxy) is 1. The van der Waals surface area contributed by atoms with Gasteiger partial charge in [-0.25, -0.2) is 10.1 Å². The summed E-state index contributed by atoms with van der Waals surface area (Å²) >= 11 is 5.93. The van der Waals surface area contributed by atoms with Crippen LogP contribution in [0, 0.1) is 11.8 Å². The lowest BCUT2D eigenvalue weighted by Gasteiger charge is -2.35. The average molecular weight is 659 g/mol. The third kappa shape index (κ3) is 8.94. The fourth-order valence-corrected chi connectivity index (χ4v) is 6.18. The molecule has 0 spiro atoms. The van der Waals surface area contributed by atoms with E-state index in [0.29, 0.717) is 49.3 Å². The number of nitrogens with two attached hydrogens (primary N) is 2. The molecule has 11 nitrogen and oxygen atoms in total. The number of aromatic nitrogens is 4. The zero-order valence-corrected chi connectivity index (χ0v) is 27.7. The summed E-state index contributed by atoms with van der Waals surface area (Å²) in [7, 11) is 4.07.